The summed E-state index contributed by atoms with van der Waals surface area (Å²) in [6.45, 7) is 3.56. The molecule has 1 aliphatic heterocycles. The van der Waals surface area contributed by atoms with Gasteiger partial charge in [-0.3, -0.25) is 4.79 Å². The van der Waals surface area contributed by atoms with Crippen molar-refractivity contribution in [2.75, 3.05) is 13.1 Å². The third kappa shape index (κ3) is 5.06. The summed E-state index contributed by atoms with van der Waals surface area (Å²) < 4.78 is 15.2. The molecule has 8 heteroatoms. The number of carbonyl (C=O) groups is 1. The Morgan fingerprint density at radius 3 is 2.92 bits per heavy atom. The molecule has 1 saturated heterocycles. The van der Waals surface area contributed by atoms with Crippen LogP contribution in [0.1, 0.15) is 25.6 Å². The summed E-state index contributed by atoms with van der Waals surface area (Å²) in [6.07, 6.45) is 2.41. The number of hydrogen-bond donors (Lipinski definition) is 2. The van der Waals surface area contributed by atoms with Gasteiger partial charge in [0.05, 0.1) is 11.0 Å². The Labute approximate surface area is 159 Å². The van der Waals surface area contributed by atoms with Gasteiger partial charge in [0, 0.05) is 38.0 Å². The molecule has 2 heterocycles. The summed E-state index contributed by atoms with van der Waals surface area (Å²) in [5, 5.41) is 6.36. The van der Waals surface area contributed by atoms with Gasteiger partial charge in [-0.1, -0.05) is 0 Å². The lowest BCUT2D eigenvalue weighted by Gasteiger charge is -2.27. The molecule has 5 nitrogen and oxygen atoms in total. The van der Waals surface area contributed by atoms with Crippen molar-refractivity contribution in [1.29, 1.82) is 0 Å². The molecule has 0 saturated carbocycles. The Bertz CT molecular complexity index is 722. The molecule has 0 radical (unpaired) electrons. The highest BCUT2D eigenvalue weighted by molar-refractivity contribution is 5.85. The maximum Gasteiger partial charge on any atom is 0.223 e. The second kappa shape index (κ2) is 9.36. The SMILES string of the molecule is C[C@H]1C[C@@H](C(=O)NCCc2nc3cc(F)ccc3n2C)CCN1.Cl.Cl. The second-order valence-corrected chi connectivity index (χ2v) is 6.34. The van der Waals surface area contributed by atoms with E-state index in [1.165, 1.54) is 12.1 Å². The molecule has 2 aromatic rings. The van der Waals surface area contributed by atoms with Crippen molar-refractivity contribution in [3.05, 3.63) is 29.8 Å². The number of imidazole rings is 1. The number of fused-ring (bicyclic) bond motifs is 1. The number of aromatic nitrogens is 2. The molecule has 1 aliphatic rings. The maximum absolute atomic E-state index is 13.3. The molecular weight excluding hydrogens is 366 g/mol. The van der Waals surface area contributed by atoms with Gasteiger partial charge in [-0.15, -0.1) is 24.8 Å². The zero-order valence-corrected chi connectivity index (χ0v) is 16.1. The van der Waals surface area contributed by atoms with Crippen molar-refractivity contribution in [1.82, 2.24) is 20.2 Å². The number of nitrogens with one attached hydrogen (secondary N) is 2. The molecular formula is C17H25Cl2FN4O. The fraction of sp³-hybridized carbons (Fsp3) is 0.529. The van der Waals surface area contributed by atoms with Crippen molar-refractivity contribution >= 4 is 41.8 Å². The number of carbonyl (C=O) groups excluding carboxylic acids is 1. The maximum atomic E-state index is 13.3. The van der Waals surface area contributed by atoms with Crippen molar-refractivity contribution in [3.8, 4) is 0 Å². The van der Waals surface area contributed by atoms with Crippen LogP contribution in [0.3, 0.4) is 0 Å². The highest BCUT2D eigenvalue weighted by Crippen LogP contribution is 2.17. The van der Waals surface area contributed by atoms with E-state index in [1.807, 2.05) is 11.6 Å². The third-order valence-corrected chi connectivity index (χ3v) is 4.58. The van der Waals surface area contributed by atoms with Gasteiger partial charge >= 0.3 is 0 Å². The van der Waals surface area contributed by atoms with Crippen LogP contribution < -0.4 is 10.6 Å². The Hall–Kier alpha value is -1.37. The van der Waals surface area contributed by atoms with Crippen LogP contribution in [0.5, 0.6) is 0 Å². The van der Waals surface area contributed by atoms with Gasteiger partial charge in [-0.2, -0.15) is 0 Å². The van der Waals surface area contributed by atoms with E-state index in [1.54, 1.807) is 6.07 Å². The topological polar surface area (TPSA) is 59.0 Å². The Kier molecular flexibility index (Phi) is 8.12. The number of rotatable bonds is 4. The summed E-state index contributed by atoms with van der Waals surface area (Å²) in [7, 11) is 1.92. The zero-order chi connectivity index (χ0) is 16.4. The van der Waals surface area contributed by atoms with E-state index >= 15 is 0 Å². The molecule has 140 valence electrons. The summed E-state index contributed by atoms with van der Waals surface area (Å²) in [4.78, 5) is 16.7. The average Bonchev–Trinajstić information content (AvgIpc) is 2.83. The number of nitrogens with zero attached hydrogens (tertiary/aromatic N) is 2. The number of halogens is 3. The fourth-order valence-corrected chi connectivity index (χ4v) is 3.26. The van der Waals surface area contributed by atoms with Gasteiger partial charge < -0.3 is 15.2 Å². The minimum Gasteiger partial charge on any atom is -0.355 e. The van der Waals surface area contributed by atoms with E-state index in [2.05, 4.69) is 22.5 Å². The molecule has 3 rings (SSSR count). The van der Waals surface area contributed by atoms with E-state index in [-0.39, 0.29) is 42.5 Å². The van der Waals surface area contributed by atoms with Crippen molar-refractivity contribution < 1.29 is 9.18 Å². The largest absolute Gasteiger partial charge is 0.355 e. The normalized spacial score (nSPS) is 19.8. The lowest BCUT2D eigenvalue weighted by atomic mass is 9.92. The van der Waals surface area contributed by atoms with Crippen LogP contribution in [0.4, 0.5) is 4.39 Å². The van der Waals surface area contributed by atoms with Crippen LogP contribution >= 0.6 is 24.8 Å². The van der Waals surface area contributed by atoms with Crippen LogP contribution in [0.15, 0.2) is 18.2 Å². The quantitative estimate of drug-likeness (QED) is 0.843. The van der Waals surface area contributed by atoms with E-state index in [0.29, 0.717) is 24.5 Å². The van der Waals surface area contributed by atoms with Crippen molar-refractivity contribution in [2.24, 2.45) is 13.0 Å². The van der Waals surface area contributed by atoms with Crippen LogP contribution in [-0.2, 0) is 18.3 Å². The van der Waals surface area contributed by atoms with Gasteiger partial charge in [-0.25, -0.2) is 9.37 Å². The first kappa shape index (κ1) is 21.7. The van der Waals surface area contributed by atoms with Gasteiger partial charge in [0.1, 0.15) is 11.6 Å². The van der Waals surface area contributed by atoms with Crippen molar-refractivity contribution in [3.63, 3.8) is 0 Å². The molecule has 0 aliphatic carbocycles. The lowest BCUT2D eigenvalue weighted by Crippen LogP contribution is -2.42. The number of piperidine rings is 1. The fourth-order valence-electron chi connectivity index (χ4n) is 3.26. The molecule has 0 unspecified atom stereocenters. The highest BCUT2D eigenvalue weighted by atomic mass is 35.5. The molecule has 1 fully saturated rings. The first-order valence-electron chi connectivity index (χ1n) is 8.16. The predicted molar refractivity (Wildman–Crippen MR) is 102 cm³/mol. The average molecular weight is 391 g/mol. The molecule has 2 N–H and O–H groups in total. The zero-order valence-electron chi connectivity index (χ0n) is 14.4. The van der Waals surface area contributed by atoms with Crippen LogP contribution in [0.2, 0.25) is 0 Å². The van der Waals surface area contributed by atoms with E-state index in [9.17, 15) is 9.18 Å². The summed E-state index contributed by atoms with van der Waals surface area (Å²) in [6, 6.07) is 5.01. The molecule has 25 heavy (non-hydrogen) atoms. The van der Waals surface area contributed by atoms with Crippen LogP contribution in [0.25, 0.3) is 11.0 Å². The Morgan fingerprint density at radius 2 is 2.20 bits per heavy atom. The number of benzene rings is 1. The number of aryl methyl sites for hydroxylation is 1. The first-order valence-corrected chi connectivity index (χ1v) is 8.16. The summed E-state index contributed by atoms with van der Waals surface area (Å²) in [5.74, 6) is 0.795. The number of hydrogen-bond acceptors (Lipinski definition) is 3. The third-order valence-electron chi connectivity index (χ3n) is 4.58. The highest BCUT2D eigenvalue weighted by Gasteiger charge is 2.24. The van der Waals surface area contributed by atoms with Crippen LogP contribution in [-0.4, -0.2) is 34.6 Å². The number of amides is 1. The minimum atomic E-state index is -0.282. The standard InChI is InChI=1S/C17H23FN4O.2ClH/c1-11-9-12(5-7-19-11)17(23)20-8-6-16-21-14-10-13(18)3-4-15(14)22(16)2;;/h3-4,10-12,19H,5-9H2,1-2H3,(H,20,23);2*1H/t11-,12-;;/m0../s1. The van der Waals surface area contributed by atoms with E-state index in [4.69, 9.17) is 0 Å². The molecule has 0 bridgehead atoms. The van der Waals surface area contributed by atoms with E-state index < -0.39 is 0 Å². The molecule has 1 aromatic carbocycles. The predicted octanol–water partition coefficient (Wildman–Crippen LogP) is 2.60. The summed E-state index contributed by atoms with van der Waals surface area (Å²) >= 11 is 0. The minimum absolute atomic E-state index is 0. The molecule has 1 amide bonds. The van der Waals surface area contributed by atoms with Crippen molar-refractivity contribution in [2.45, 2.75) is 32.2 Å². The second-order valence-electron chi connectivity index (χ2n) is 6.34. The van der Waals surface area contributed by atoms with Gasteiger partial charge in [0.2, 0.25) is 5.91 Å². The lowest BCUT2D eigenvalue weighted by molar-refractivity contribution is -0.126. The van der Waals surface area contributed by atoms with Crippen LogP contribution in [0, 0.1) is 11.7 Å². The smallest absolute Gasteiger partial charge is 0.223 e. The first-order chi connectivity index (χ1) is 11.0. The Balaban J connectivity index is 0.00000156. The van der Waals surface area contributed by atoms with Gasteiger partial charge in [0.15, 0.2) is 0 Å². The molecule has 0 spiro atoms. The summed E-state index contributed by atoms with van der Waals surface area (Å²) in [5.41, 5.74) is 1.56. The monoisotopic (exact) mass is 390 g/mol. The van der Waals surface area contributed by atoms with E-state index in [0.717, 1.165) is 30.7 Å². The molecule has 1 aromatic heterocycles. The van der Waals surface area contributed by atoms with Gasteiger partial charge in [0.25, 0.3) is 0 Å². The van der Waals surface area contributed by atoms with Gasteiger partial charge in [-0.05, 0) is 38.4 Å². The Morgan fingerprint density at radius 1 is 1.44 bits per heavy atom. The molecule has 2 atom stereocenters.